The van der Waals surface area contributed by atoms with E-state index in [4.69, 9.17) is 9.47 Å². The number of aromatic nitrogens is 3. The molecule has 2 atom stereocenters. The third-order valence-corrected chi connectivity index (χ3v) is 9.87. The van der Waals surface area contributed by atoms with Gasteiger partial charge in [-0.3, -0.25) is 0 Å². The molecule has 52 heavy (non-hydrogen) atoms. The Hall–Kier alpha value is -5.24. The molecule has 0 radical (unpaired) electrons. The summed E-state index contributed by atoms with van der Waals surface area (Å²) in [7, 11) is -3.98. The van der Waals surface area contributed by atoms with E-state index in [2.05, 4.69) is 20.3 Å². The van der Waals surface area contributed by atoms with Gasteiger partial charge in [-0.15, -0.1) is 0 Å². The third kappa shape index (κ3) is 8.61. The molecule has 3 aromatic carbocycles. The molecule has 3 heterocycles. The highest BCUT2D eigenvalue weighted by Gasteiger charge is 2.33. The van der Waals surface area contributed by atoms with E-state index in [1.54, 1.807) is 64.1 Å². The van der Waals surface area contributed by atoms with Gasteiger partial charge in [0.15, 0.2) is 9.84 Å². The summed E-state index contributed by atoms with van der Waals surface area (Å²) in [5.41, 5.74) is 0.811. The van der Waals surface area contributed by atoms with Crippen molar-refractivity contribution >= 4 is 32.7 Å². The minimum absolute atomic E-state index is 0.00175. The smallest absolute Gasteiger partial charge is 0.410 e. The molecular formula is C38H38F3N5O5S. The molecule has 0 aliphatic carbocycles. The van der Waals surface area contributed by atoms with E-state index < -0.39 is 56.9 Å². The number of anilines is 1. The number of aryl methyl sites for hydroxylation is 1. The lowest BCUT2D eigenvalue weighted by Gasteiger charge is -2.36. The second kappa shape index (κ2) is 14.8. The zero-order valence-corrected chi connectivity index (χ0v) is 29.9. The van der Waals surface area contributed by atoms with Crippen molar-refractivity contribution in [2.75, 3.05) is 18.4 Å². The Kier molecular flexibility index (Phi) is 10.4. The average Bonchev–Trinajstić information content (AvgIpc) is 3.07. The monoisotopic (exact) mass is 733 g/mol. The molecule has 1 aliphatic heterocycles. The van der Waals surface area contributed by atoms with Crippen LogP contribution in [0.2, 0.25) is 0 Å². The van der Waals surface area contributed by atoms with Crippen molar-refractivity contribution in [2.45, 2.75) is 63.4 Å². The standard InChI is InChI=1S/C38H38F3N5O5S/c1-23-11-12-27-28(13-14-32(41)30(27)22-52(48,49)21-24-8-5-6-10-31(24)40)34(23)50-35-29(9-7-16-42-35)33-15-17-43-36(45-33)44-26-18-25(39)19-46(20-26)37(47)51-38(2,3)4/h5-17,25-26H,18-22H2,1-4H3,(H,43,44,45)/t25-,26-/m0/s1. The van der Waals surface area contributed by atoms with Gasteiger partial charge in [0, 0.05) is 47.9 Å². The number of alkyl halides is 1. The SMILES string of the molecule is Cc1ccc2c(CS(=O)(=O)Cc3ccccc3F)c(F)ccc2c1Oc1ncccc1-c1ccnc(N[C@H]2C[C@H](F)CN(C(=O)OC(C)(C)C)C2)n1. The van der Waals surface area contributed by atoms with Gasteiger partial charge in [0.1, 0.15) is 29.2 Å². The zero-order valence-electron chi connectivity index (χ0n) is 29.1. The molecule has 2 aromatic heterocycles. The Labute approximate surface area is 300 Å². The number of benzene rings is 3. The number of pyridine rings is 1. The van der Waals surface area contributed by atoms with Crippen molar-refractivity contribution in [3.63, 3.8) is 0 Å². The van der Waals surface area contributed by atoms with E-state index in [9.17, 15) is 22.0 Å². The van der Waals surface area contributed by atoms with Gasteiger partial charge >= 0.3 is 6.09 Å². The van der Waals surface area contributed by atoms with Crippen LogP contribution in [-0.4, -0.2) is 65.3 Å². The quantitative estimate of drug-likeness (QED) is 0.161. The van der Waals surface area contributed by atoms with Crippen LogP contribution < -0.4 is 10.1 Å². The van der Waals surface area contributed by atoms with Gasteiger partial charge in [0.05, 0.1) is 29.3 Å². The van der Waals surface area contributed by atoms with Crippen LogP contribution in [0.5, 0.6) is 11.6 Å². The fourth-order valence-electron chi connectivity index (χ4n) is 6.07. The Morgan fingerprint density at radius 2 is 1.69 bits per heavy atom. The van der Waals surface area contributed by atoms with Gasteiger partial charge in [0.2, 0.25) is 11.8 Å². The topological polar surface area (TPSA) is 124 Å². The number of likely N-dealkylation sites (tertiary alicyclic amines) is 1. The van der Waals surface area contributed by atoms with Crippen molar-refractivity contribution in [3.8, 4) is 22.9 Å². The summed E-state index contributed by atoms with van der Waals surface area (Å²) in [5, 5.41) is 3.91. The number of halogens is 3. The number of hydrogen-bond acceptors (Lipinski definition) is 9. The molecule has 14 heteroatoms. The van der Waals surface area contributed by atoms with Gasteiger partial charge in [0.25, 0.3) is 0 Å². The third-order valence-electron chi connectivity index (χ3n) is 8.39. The average molecular weight is 734 g/mol. The van der Waals surface area contributed by atoms with E-state index in [1.807, 2.05) is 0 Å². The van der Waals surface area contributed by atoms with Crippen LogP contribution >= 0.6 is 0 Å². The Morgan fingerprint density at radius 1 is 0.923 bits per heavy atom. The predicted octanol–water partition coefficient (Wildman–Crippen LogP) is 7.95. The lowest BCUT2D eigenvalue weighted by molar-refractivity contribution is 0.0124. The van der Waals surface area contributed by atoms with Gasteiger partial charge in [-0.2, -0.15) is 0 Å². The van der Waals surface area contributed by atoms with Crippen molar-refractivity contribution in [3.05, 3.63) is 107 Å². The Morgan fingerprint density at radius 3 is 2.46 bits per heavy atom. The lowest BCUT2D eigenvalue weighted by Crippen LogP contribution is -2.51. The maximum atomic E-state index is 15.3. The van der Waals surface area contributed by atoms with E-state index in [1.165, 1.54) is 47.6 Å². The maximum absolute atomic E-state index is 15.3. The minimum Gasteiger partial charge on any atom is -0.444 e. The van der Waals surface area contributed by atoms with Crippen LogP contribution in [0, 0.1) is 18.6 Å². The van der Waals surface area contributed by atoms with Crippen LogP contribution in [0.4, 0.5) is 23.9 Å². The predicted molar refractivity (Wildman–Crippen MR) is 191 cm³/mol. The molecule has 5 aromatic rings. The van der Waals surface area contributed by atoms with Crippen molar-refractivity contribution < 1.29 is 35.9 Å². The molecule has 272 valence electrons. The molecular weight excluding hydrogens is 696 g/mol. The number of piperidine rings is 1. The molecule has 0 unspecified atom stereocenters. The van der Waals surface area contributed by atoms with Crippen molar-refractivity contribution in [1.82, 2.24) is 19.9 Å². The van der Waals surface area contributed by atoms with E-state index >= 15 is 4.39 Å². The first kappa shape index (κ1) is 36.5. The van der Waals surface area contributed by atoms with Gasteiger partial charge < -0.3 is 19.7 Å². The summed E-state index contributed by atoms with van der Waals surface area (Å²) in [4.78, 5) is 27.4. The number of carbonyl (C=O) groups is 1. The fraction of sp³-hybridized carbons (Fsp3) is 0.316. The van der Waals surface area contributed by atoms with Crippen LogP contribution in [-0.2, 0) is 26.1 Å². The fourth-order valence-corrected chi connectivity index (χ4v) is 7.61. The van der Waals surface area contributed by atoms with Crippen molar-refractivity contribution in [2.24, 2.45) is 0 Å². The second-order valence-corrected chi connectivity index (χ2v) is 15.8. The van der Waals surface area contributed by atoms with Gasteiger partial charge in [-0.25, -0.2) is 41.3 Å². The minimum atomic E-state index is -3.98. The highest BCUT2D eigenvalue weighted by atomic mass is 32.2. The van der Waals surface area contributed by atoms with Crippen LogP contribution in [0.15, 0.2) is 79.1 Å². The first-order chi connectivity index (χ1) is 24.7. The number of amides is 1. The van der Waals surface area contributed by atoms with Crippen LogP contribution in [0.3, 0.4) is 0 Å². The number of rotatable bonds is 9. The van der Waals surface area contributed by atoms with E-state index in [-0.39, 0.29) is 42.5 Å². The van der Waals surface area contributed by atoms with Crippen LogP contribution in [0.1, 0.15) is 43.9 Å². The van der Waals surface area contributed by atoms with E-state index in [0.29, 0.717) is 33.3 Å². The number of carbonyl (C=O) groups excluding carboxylic acids is 1. The number of nitrogens with one attached hydrogen (secondary N) is 1. The first-order valence-corrected chi connectivity index (χ1v) is 18.5. The van der Waals surface area contributed by atoms with Gasteiger partial charge in [-0.1, -0.05) is 30.3 Å². The maximum Gasteiger partial charge on any atom is 0.410 e. The molecule has 0 spiro atoms. The number of nitrogens with zero attached hydrogens (tertiary/aromatic N) is 4. The van der Waals surface area contributed by atoms with E-state index in [0.717, 1.165) is 0 Å². The van der Waals surface area contributed by atoms with Gasteiger partial charge in [-0.05, 0) is 75.0 Å². The number of ether oxygens (including phenoxy) is 2. The molecule has 0 bridgehead atoms. The summed E-state index contributed by atoms with van der Waals surface area (Å²) < 4.78 is 82.6. The van der Waals surface area contributed by atoms with Crippen molar-refractivity contribution in [1.29, 1.82) is 0 Å². The number of hydrogen-bond donors (Lipinski definition) is 1. The molecule has 6 rings (SSSR count). The highest BCUT2D eigenvalue weighted by Crippen LogP contribution is 2.39. The summed E-state index contributed by atoms with van der Waals surface area (Å²) in [5.74, 6) is -1.92. The molecule has 0 saturated carbocycles. The summed E-state index contributed by atoms with van der Waals surface area (Å²) in [6.07, 6.45) is 1.33. The Bertz CT molecular complexity index is 2230. The molecule has 1 N–H and O–H groups in total. The molecule has 1 fully saturated rings. The second-order valence-electron chi connectivity index (χ2n) is 13.7. The zero-order chi connectivity index (χ0) is 37.2. The molecule has 1 aliphatic rings. The summed E-state index contributed by atoms with van der Waals surface area (Å²) in [6, 6.07) is 16.2. The number of fused-ring (bicyclic) bond motifs is 1. The normalized spacial score (nSPS) is 16.5. The molecule has 1 saturated heterocycles. The highest BCUT2D eigenvalue weighted by molar-refractivity contribution is 7.89. The first-order valence-electron chi connectivity index (χ1n) is 16.6. The lowest BCUT2D eigenvalue weighted by atomic mass is 10.0. The summed E-state index contributed by atoms with van der Waals surface area (Å²) >= 11 is 0. The largest absolute Gasteiger partial charge is 0.444 e. The van der Waals surface area contributed by atoms with Crippen LogP contribution in [0.25, 0.3) is 22.0 Å². The molecule has 10 nitrogen and oxygen atoms in total. The number of sulfone groups is 1. The Balaban J connectivity index is 1.26. The summed E-state index contributed by atoms with van der Waals surface area (Å²) in [6.45, 7) is 7.16. The molecule has 1 amide bonds.